The second kappa shape index (κ2) is 6.33. The number of nitrogens with one attached hydrogen (secondary N) is 1. The van der Waals surface area contributed by atoms with Crippen LogP contribution in [0.2, 0.25) is 0 Å². The molecule has 0 aliphatic heterocycles. The normalized spacial score (nSPS) is 23.7. The second-order valence-corrected chi connectivity index (χ2v) is 5.39. The van der Waals surface area contributed by atoms with E-state index in [1.54, 1.807) is 0 Å². The Morgan fingerprint density at radius 3 is 2.47 bits per heavy atom. The van der Waals surface area contributed by atoms with E-state index in [-0.39, 0.29) is 11.4 Å². The van der Waals surface area contributed by atoms with E-state index in [0.717, 1.165) is 44.2 Å². The molecule has 1 aliphatic rings. The minimum atomic E-state index is -0.850. The molecular weight excluding hydrogens is 272 g/mol. The van der Waals surface area contributed by atoms with E-state index in [2.05, 4.69) is 5.32 Å². The van der Waals surface area contributed by atoms with Crippen LogP contribution in [0.1, 0.15) is 42.5 Å². The fourth-order valence-electron chi connectivity index (χ4n) is 2.38. The number of hydrogen-bond acceptors (Lipinski definition) is 1. The van der Waals surface area contributed by atoms with Crippen molar-refractivity contribution in [1.29, 1.82) is 0 Å². The molecule has 5 heteroatoms. The van der Waals surface area contributed by atoms with E-state index in [0.29, 0.717) is 0 Å². The number of halogens is 3. The van der Waals surface area contributed by atoms with Gasteiger partial charge in [0.2, 0.25) is 0 Å². The van der Waals surface area contributed by atoms with Crippen LogP contribution in [0.3, 0.4) is 0 Å². The number of alkyl halides is 1. The molecule has 0 saturated heterocycles. The van der Waals surface area contributed by atoms with E-state index < -0.39 is 23.1 Å². The predicted molar refractivity (Wildman–Crippen MR) is 70.3 cm³/mol. The zero-order chi connectivity index (χ0) is 13.8. The Labute approximate surface area is 116 Å². The van der Waals surface area contributed by atoms with Gasteiger partial charge in [-0.25, -0.2) is 8.78 Å². The molecule has 0 radical (unpaired) electrons. The van der Waals surface area contributed by atoms with Gasteiger partial charge in [0, 0.05) is 6.04 Å². The van der Waals surface area contributed by atoms with Gasteiger partial charge in [0.1, 0.15) is 17.2 Å². The van der Waals surface area contributed by atoms with Crippen molar-refractivity contribution in [3.63, 3.8) is 0 Å². The zero-order valence-electron chi connectivity index (χ0n) is 10.5. The van der Waals surface area contributed by atoms with Crippen LogP contribution in [0, 0.1) is 11.6 Å². The highest BCUT2D eigenvalue weighted by atomic mass is 35.5. The van der Waals surface area contributed by atoms with Gasteiger partial charge in [-0.15, -0.1) is 11.6 Å². The van der Waals surface area contributed by atoms with Crippen molar-refractivity contribution < 1.29 is 13.6 Å². The second-order valence-electron chi connectivity index (χ2n) is 4.83. The smallest absolute Gasteiger partial charge is 0.257 e. The fraction of sp³-hybridized carbons (Fsp3) is 0.500. The maximum atomic E-state index is 13.5. The molecule has 2 nitrogen and oxygen atoms in total. The molecule has 1 aromatic rings. The number of hydrogen-bond donors (Lipinski definition) is 1. The van der Waals surface area contributed by atoms with Crippen molar-refractivity contribution >= 4 is 17.5 Å². The summed E-state index contributed by atoms with van der Waals surface area (Å²) in [4.78, 5) is 12.0. The molecule has 1 aliphatic carbocycles. The Bertz CT molecular complexity index is 447. The average molecular weight is 288 g/mol. The van der Waals surface area contributed by atoms with Gasteiger partial charge in [0.05, 0.1) is 5.38 Å². The summed E-state index contributed by atoms with van der Waals surface area (Å²) in [5, 5.41) is 2.48. The molecule has 2 atom stereocenters. The van der Waals surface area contributed by atoms with Gasteiger partial charge in [-0.1, -0.05) is 25.3 Å². The highest BCUT2D eigenvalue weighted by Gasteiger charge is 2.26. The molecule has 0 aromatic heterocycles. The van der Waals surface area contributed by atoms with Crippen LogP contribution < -0.4 is 5.32 Å². The molecule has 0 heterocycles. The van der Waals surface area contributed by atoms with Gasteiger partial charge in [-0.05, 0) is 25.0 Å². The summed E-state index contributed by atoms with van der Waals surface area (Å²) in [6.07, 6.45) is 4.62. The maximum Gasteiger partial charge on any atom is 0.257 e. The van der Waals surface area contributed by atoms with Crippen molar-refractivity contribution in [2.45, 2.75) is 43.5 Å². The van der Waals surface area contributed by atoms with Crippen LogP contribution in [0.25, 0.3) is 0 Å². The number of amides is 1. The lowest BCUT2D eigenvalue weighted by Gasteiger charge is -2.21. The first-order valence-corrected chi connectivity index (χ1v) is 6.92. The average Bonchev–Trinajstić information content (AvgIpc) is 2.55. The van der Waals surface area contributed by atoms with Gasteiger partial charge in [0.25, 0.3) is 5.91 Å². The van der Waals surface area contributed by atoms with E-state index >= 15 is 0 Å². The Balaban J connectivity index is 2.12. The molecule has 1 amide bonds. The van der Waals surface area contributed by atoms with Crippen LogP contribution in [-0.2, 0) is 0 Å². The third-order valence-corrected chi connectivity index (χ3v) is 3.96. The van der Waals surface area contributed by atoms with Crippen molar-refractivity contribution in [1.82, 2.24) is 5.32 Å². The largest absolute Gasteiger partial charge is 0.348 e. The lowest BCUT2D eigenvalue weighted by Crippen LogP contribution is -2.41. The number of rotatable bonds is 2. The number of benzene rings is 1. The lowest BCUT2D eigenvalue weighted by molar-refractivity contribution is 0.0925. The van der Waals surface area contributed by atoms with E-state index in [1.165, 1.54) is 6.07 Å². The Hall–Kier alpha value is -1.16. The summed E-state index contributed by atoms with van der Waals surface area (Å²) in [6.45, 7) is 0. The minimum absolute atomic E-state index is 0.179. The molecule has 1 N–H and O–H groups in total. The standard InChI is InChI=1S/C14H16ClF2NO/c15-9-5-2-1-3-8-12(9)18-14(19)13-10(16)6-4-7-11(13)17/h4,6-7,9,12H,1-3,5,8H2,(H,18,19). The summed E-state index contributed by atoms with van der Waals surface area (Å²) in [7, 11) is 0. The monoisotopic (exact) mass is 287 g/mol. The SMILES string of the molecule is O=C(NC1CCCCCC1Cl)c1c(F)cccc1F. The van der Waals surface area contributed by atoms with Crippen LogP contribution in [-0.4, -0.2) is 17.3 Å². The Morgan fingerprint density at radius 2 is 1.79 bits per heavy atom. The first-order chi connectivity index (χ1) is 9.09. The first kappa shape index (κ1) is 14.3. The summed E-state index contributed by atoms with van der Waals surface area (Å²) < 4.78 is 27.0. The van der Waals surface area contributed by atoms with Crippen molar-refractivity contribution in [2.75, 3.05) is 0 Å². The molecule has 2 rings (SSSR count). The maximum absolute atomic E-state index is 13.5. The lowest BCUT2D eigenvalue weighted by atomic mass is 10.1. The quantitative estimate of drug-likeness (QED) is 0.653. The van der Waals surface area contributed by atoms with Gasteiger partial charge in [-0.3, -0.25) is 4.79 Å². The van der Waals surface area contributed by atoms with Crippen molar-refractivity contribution in [3.8, 4) is 0 Å². The van der Waals surface area contributed by atoms with Crippen LogP contribution in [0.4, 0.5) is 8.78 Å². The minimum Gasteiger partial charge on any atom is -0.348 e. The Kier molecular flexibility index (Phi) is 4.75. The molecular formula is C14H16ClF2NO. The molecule has 19 heavy (non-hydrogen) atoms. The summed E-state index contributed by atoms with van der Waals surface area (Å²) >= 11 is 6.20. The van der Waals surface area contributed by atoms with Crippen molar-refractivity contribution in [3.05, 3.63) is 35.4 Å². The van der Waals surface area contributed by atoms with E-state index in [1.807, 2.05) is 0 Å². The predicted octanol–water partition coefficient (Wildman–Crippen LogP) is 3.63. The summed E-state index contributed by atoms with van der Waals surface area (Å²) in [5.41, 5.74) is -0.532. The fourth-order valence-corrected chi connectivity index (χ4v) is 2.72. The third-order valence-electron chi connectivity index (χ3n) is 3.44. The molecule has 1 fully saturated rings. The Morgan fingerprint density at radius 1 is 1.16 bits per heavy atom. The van der Waals surface area contributed by atoms with Crippen molar-refractivity contribution in [2.24, 2.45) is 0 Å². The van der Waals surface area contributed by atoms with E-state index in [9.17, 15) is 13.6 Å². The number of carbonyl (C=O) groups excluding carboxylic acids is 1. The van der Waals surface area contributed by atoms with Crippen LogP contribution in [0.5, 0.6) is 0 Å². The highest BCUT2D eigenvalue weighted by Crippen LogP contribution is 2.23. The van der Waals surface area contributed by atoms with Gasteiger partial charge in [0.15, 0.2) is 0 Å². The highest BCUT2D eigenvalue weighted by molar-refractivity contribution is 6.21. The molecule has 0 bridgehead atoms. The van der Waals surface area contributed by atoms with Gasteiger partial charge >= 0.3 is 0 Å². The topological polar surface area (TPSA) is 29.1 Å². The van der Waals surface area contributed by atoms with Gasteiger partial charge in [-0.2, -0.15) is 0 Å². The number of carbonyl (C=O) groups is 1. The summed E-state index contributed by atoms with van der Waals surface area (Å²) in [5.74, 6) is -2.43. The summed E-state index contributed by atoms with van der Waals surface area (Å²) in [6, 6.07) is 3.15. The van der Waals surface area contributed by atoms with E-state index in [4.69, 9.17) is 11.6 Å². The van der Waals surface area contributed by atoms with Crippen LogP contribution >= 0.6 is 11.6 Å². The molecule has 1 saturated carbocycles. The first-order valence-electron chi connectivity index (χ1n) is 6.48. The zero-order valence-corrected chi connectivity index (χ0v) is 11.2. The molecule has 0 spiro atoms. The third kappa shape index (κ3) is 3.44. The van der Waals surface area contributed by atoms with Gasteiger partial charge < -0.3 is 5.32 Å². The molecule has 2 unspecified atom stereocenters. The van der Waals surface area contributed by atoms with Crippen LogP contribution in [0.15, 0.2) is 18.2 Å². The molecule has 1 aromatic carbocycles. The molecule has 104 valence electrons.